The molecule has 0 aliphatic heterocycles. The number of hydrogen-bond donors (Lipinski definition) is 1. The zero-order valence-corrected chi connectivity index (χ0v) is 14.2. The maximum atomic E-state index is 12.1. The molecule has 0 atom stereocenters. The van der Waals surface area contributed by atoms with Crippen LogP contribution in [0.3, 0.4) is 0 Å². The normalized spacial score (nSPS) is 16.9. The second-order valence-corrected chi connectivity index (χ2v) is 6.98. The summed E-state index contributed by atoms with van der Waals surface area (Å²) in [5.41, 5.74) is 1.62. The standard InChI is InChI=1S/C18H23N5O/c1-22(2)18(24)13-4-3-5-14(10-13)19-11-16-20-21-17(12-6-7-12)23(16)15-8-9-15/h3-5,10,12,15,19H,6-9,11H2,1-2H3. The third kappa shape index (κ3) is 3.00. The third-order valence-electron chi connectivity index (χ3n) is 4.61. The van der Waals surface area contributed by atoms with Crippen molar-refractivity contribution in [3.05, 3.63) is 41.5 Å². The molecular weight excluding hydrogens is 302 g/mol. The van der Waals surface area contributed by atoms with Gasteiger partial charge in [-0.3, -0.25) is 4.79 Å². The molecule has 1 aromatic heterocycles. The van der Waals surface area contributed by atoms with Gasteiger partial charge in [0.25, 0.3) is 5.91 Å². The topological polar surface area (TPSA) is 63.1 Å². The first-order valence-electron chi connectivity index (χ1n) is 8.62. The van der Waals surface area contributed by atoms with Gasteiger partial charge in [-0.25, -0.2) is 0 Å². The van der Waals surface area contributed by atoms with Crippen LogP contribution in [-0.4, -0.2) is 39.7 Å². The van der Waals surface area contributed by atoms with E-state index < -0.39 is 0 Å². The lowest BCUT2D eigenvalue weighted by Crippen LogP contribution is -2.21. The largest absolute Gasteiger partial charge is 0.378 e. The van der Waals surface area contributed by atoms with Gasteiger partial charge in [-0.15, -0.1) is 10.2 Å². The van der Waals surface area contributed by atoms with Crippen LogP contribution in [0.1, 0.15) is 59.6 Å². The number of nitrogens with zero attached hydrogens (tertiary/aromatic N) is 4. The lowest BCUT2D eigenvalue weighted by Gasteiger charge is -2.13. The molecule has 0 bridgehead atoms. The van der Waals surface area contributed by atoms with E-state index in [1.807, 2.05) is 24.3 Å². The number of nitrogens with one attached hydrogen (secondary N) is 1. The quantitative estimate of drug-likeness (QED) is 0.887. The van der Waals surface area contributed by atoms with E-state index in [1.54, 1.807) is 19.0 Å². The first-order chi connectivity index (χ1) is 11.6. The SMILES string of the molecule is CN(C)C(=O)c1cccc(NCc2nnc(C3CC3)n2C2CC2)c1. The summed E-state index contributed by atoms with van der Waals surface area (Å²) >= 11 is 0. The van der Waals surface area contributed by atoms with E-state index >= 15 is 0 Å². The summed E-state index contributed by atoms with van der Waals surface area (Å²) < 4.78 is 2.35. The Kier molecular flexibility index (Phi) is 3.75. The molecule has 2 saturated carbocycles. The second-order valence-electron chi connectivity index (χ2n) is 6.98. The van der Waals surface area contributed by atoms with Crippen molar-refractivity contribution < 1.29 is 4.79 Å². The van der Waals surface area contributed by atoms with E-state index in [9.17, 15) is 4.79 Å². The number of benzene rings is 1. The Bertz CT molecular complexity index is 759. The van der Waals surface area contributed by atoms with Crippen molar-refractivity contribution in [3.63, 3.8) is 0 Å². The average Bonchev–Trinajstić information content (AvgIpc) is 3.51. The van der Waals surface area contributed by atoms with Crippen LogP contribution in [-0.2, 0) is 6.54 Å². The molecular formula is C18H23N5O. The van der Waals surface area contributed by atoms with Crippen molar-refractivity contribution in [2.24, 2.45) is 0 Å². The summed E-state index contributed by atoms with van der Waals surface area (Å²) in [4.78, 5) is 13.7. The summed E-state index contributed by atoms with van der Waals surface area (Å²) in [7, 11) is 3.53. The molecule has 2 fully saturated rings. The molecule has 24 heavy (non-hydrogen) atoms. The van der Waals surface area contributed by atoms with Crippen LogP contribution in [0.15, 0.2) is 24.3 Å². The van der Waals surface area contributed by atoms with Crippen LogP contribution >= 0.6 is 0 Å². The number of carbonyl (C=O) groups excluding carboxylic acids is 1. The third-order valence-corrected chi connectivity index (χ3v) is 4.61. The Morgan fingerprint density at radius 2 is 2.04 bits per heavy atom. The molecule has 0 radical (unpaired) electrons. The smallest absolute Gasteiger partial charge is 0.253 e. The van der Waals surface area contributed by atoms with Gasteiger partial charge in [-0.1, -0.05) is 6.07 Å². The minimum absolute atomic E-state index is 0.0100. The minimum atomic E-state index is 0.0100. The molecule has 1 amide bonds. The molecule has 2 aliphatic carbocycles. The molecule has 0 saturated heterocycles. The van der Waals surface area contributed by atoms with E-state index in [-0.39, 0.29) is 5.91 Å². The molecule has 1 heterocycles. The fourth-order valence-electron chi connectivity index (χ4n) is 3.01. The monoisotopic (exact) mass is 325 g/mol. The Morgan fingerprint density at radius 3 is 2.71 bits per heavy atom. The van der Waals surface area contributed by atoms with Gasteiger partial charge in [-0.2, -0.15) is 0 Å². The Hall–Kier alpha value is -2.37. The highest BCUT2D eigenvalue weighted by atomic mass is 16.2. The van der Waals surface area contributed by atoms with E-state index in [0.29, 0.717) is 24.1 Å². The summed E-state index contributed by atoms with van der Waals surface area (Å²) in [6, 6.07) is 8.20. The van der Waals surface area contributed by atoms with E-state index in [0.717, 1.165) is 11.5 Å². The molecule has 1 aromatic carbocycles. The molecule has 6 nitrogen and oxygen atoms in total. The maximum absolute atomic E-state index is 12.1. The maximum Gasteiger partial charge on any atom is 0.253 e. The number of carbonyl (C=O) groups is 1. The van der Waals surface area contributed by atoms with Gasteiger partial charge in [0.05, 0.1) is 6.54 Å². The van der Waals surface area contributed by atoms with E-state index in [4.69, 9.17) is 0 Å². The molecule has 0 unspecified atom stereocenters. The van der Waals surface area contributed by atoms with Crippen molar-refractivity contribution in [1.29, 1.82) is 0 Å². The zero-order chi connectivity index (χ0) is 16.7. The van der Waals surface area contributed by atoms with Crippen molar-refractivity contribution in [1.82, 2.24) is 19.7 Å². The van der Waals surface area contributed by atoms with Crippen molar-refractivity contribution >= 4 is 11.6 Å². The zero-order valence-electron chi connectivity index (χ0n) is 14.2. The minimum Gasteiger partial charge on any atom is -0.378 e. The van der Waals surface area contributed by atoms with Crippen LogP contribution in [0.5, 0.6) is 0 Å². The molecule has 1 N–H and O–H groups in total. The summed E-state index contributed by atoms with van der Waals surface area (Å²) in [5.74, 6) is 2.80. The number of anilines is 1. The lowest BCUT2D eigenvalue weighted by molar-refractivity contribution is 0.0827. The first-order valence-corrected chi connectivity index (χ1v) is 8.62. The molecule has 2 aromatic rings. The Labute approximate surface area is 141 Å². The Balaban J connectivity index is 1.49. The van der Waals surface area contributed by atoms with Gasteiger partial charge < -0.3 is 14.8 Å². The van der Waals surface area contributed by atoms with Crippen molar-refractivity contribution in [2.45, 2.75) is 44.2 Å². The highest BCUT2D eigenvalue weighted by Crippen LogP contribution is 2.44. The van der Waals surface area contributed by atoms with Gasteiger partial charge in [0.15, 0.2) is 5.82 Å². The van der Waals surface area contributed by atoms with Crippen LogP contribution < -0.4 is 5.32 Å². The van der Waals surface area contributed by atoms with Gasteiger partial charge in [0.1, 0.15) is 5.82 Å². The van der Waals surface area contributed by atoms with Crippen LogP contribution in [0.2, 0.25) is 0 Å². The summed E-state index contributed by atoms with van der Waals surface area (Å²) in [6.07, 6.45) is 4.95. The fraction of sp³-hybridized carbons (Fsp3) is 0.500. The van der Waals surface area contributed by atoms with Crippen molar-refractivity contribution in [3.8, 4) is 0 Å². The molecule has 2 aliphatic rings. The number of rotatable bonds is 6. The van der Waals surface area contributed by atoms with Crippen LogP contribution in [0, 0.1) is 0 Å². The predicted molar refractivity (Wildman–Crippen MR) is 92.1 cm³/mol. The lowest BCUT2D eigenvalue weighted by atomic mass is 10.2. The number of amides is 1. The van der Waals surface area contributed by atoms with Crippen molar-refractivity contribution in [2.75, 3.05) is 19.4 Å². The Morgan fingerprint density at radius 1 is 1.25 bits per heavy atom. The number of hydrogen-bond acceptors (Lipinski definition) is 4. The van der Waals surface area contributed by atoms with Gasteiger partial charge in [-0.05, 0) is 43.9 Å². The van der Waals surface area contributed by atoms with Gasteiger partial charge in [0.2, 0.25) is 0 Å². The van der Waals surface area contributed by atoms with Crippen LogP contribution in [0.4, 0.5) is 5.69 Å². The van der Waals surface area contributed by atoms with E-state index in [2.05, 4.69) is 20.1 Å². The molecule has 0 spiro atoms. The first kappa shape index (κ1) is 15.2. The highest BCUT2D eigenvalue weighted by Gasteiger charge is 2.36. The molecule has 126 valence electrons. The number of aromatic nitrogens is 3. The highest BCUT2D eigenvalue weighted by molar-refractivity contribution is 5.94. The molecule has 6 heteroatoms. The van der Waals surface area contributed by atoms with E-state index in [1.165, 1.54) is 31.5 Å². The molecule has 4 rings (SSSR count). The fourth-order valence-corrected chi connectivity index (χ4v) is 3.01. The van der Waals surface area contributed by atoms with Gasteiger partial charge in [0, 0.05) is 37.3 Å². The summed E-state index contributed by atoms with van der Waals surface area (Å²) in [5, 5.41) is 12.2. The average molecular weight is 325 g/mol. The van der Waals surface area contributed by atoms with Gasteiger partial charge >= 0.3 is 0 Å². The summed E-state index contributed by atoms with van der Waals surface area (Å²) in [6.45, 7) is 0.635. The second kappa shape index (κ2) is 5.92. The van der Waals surface area contributed by atoms with Crippen LogP contribution in [0.25, 0.3) is 0 Å². The predicted octanol–water partition coefficient (Wildman–Crippen LogP) is 2.80.